The van der Waals surface area contributed by atoms with Crippen LogP contribution in [0.15, 0.2) is 69.3 Å². The number of terminal acetylenes is 1. The first-order valence-electron chi connectivity index (χ1n) is 9.88. The summed E-state index contributed by atoms with van der Waals surface area (Å²) in [6.45, 7) is 1.11. The van der Waals surface area contributed by atoms with Crippen molar-refractivity contribution < 1.29 is 38.3 Å². The van der Waals surface area contributed by atoms with Gasteiger partial charge in [-0.15, -0.1) is 6.42 Å². The predicted octanol–water partition coefficient (Wildman–Crippen LogP) is 3.06. The van der Waals surface area contributed by atoms with Crippen LogP contribution in [0.25, 0.3) is 0 Å². The van der Waals surface area contributed by atoms with Crippen LogP contribution in [0.2, 0.25) is 0 Å². The fraction of sp³-hybridized carbons (Fsp3) is 0.286. The first-order valence-corrected chi connectivity index (χ1v) is 13.0. The van der Waals surface area contributed by atoms with Gasteiger partial charge in [-0.2, -0.15) is 9.35 Å². The van der Waals surface area contributed by atoms with E-state index >= 15 is 0 Å². The van der Waals surface area contributed by atoms with Crippen molar-refractivity contribution in [1.29, 1.82) is 0 Å². The maximum absolute atomic E-state index is 13.4. The molecule has 0 bridgehead atoms. The van der Waals surface area contributed by atoms with E-state index in [-0.39, 0.29) is 17.7 Å². The molecule has 13 heteroatoms. The van der Waals surface area contributed by atoms with Crippen LogP contribution in [0, 0.1) is 12.3 Å². The van der Waals surface area contributed by atoms with Crippen molar-refractivity contribution in [2.75, 3.05) is 19.6 Å². The average molecular weight is 529 g/mol. The van der Waals surface area contributed by atoms with Crippen LogP contribution in [-0.2, 0) is 24.0 Å². The summed E-state index contributed by atoms with van der Waals surface area (Å²) >= 11 is 1.52. The van der Waals surface area contributed by atoms with E-state index in [0.29, 0.717) is 19.6 Å². The monoisotopic (exact) mass is 528 g/mol. The molecule has 0 spiro atoms. The first kappa shape index (κ1) is 28.2. The Morgan fingerprint density at radius 2 is 1.65 bits per heavy atom. The summed E-state index contributed by atoms with van der Waals surface area (Å²) in [6, 6.07) is 16.2. The van der Waals surface area contributed by atoms with Crippen molar-refractivity contribution in [3.63, 3.8) is 0 Å². The summed E-state index contributed by atoms with van der Waals surface area (Å²) in [5.41, 5.74) is 1.56. The zero-order chi connectivity index (χ0) is 25.0. The van der Waals surface area contributed by atoms with Crippen LogP contribution in [0.5, 0.6) is 0 Å². The summed E-state index contributed by atoms with van der Waals surface area (Å²) in [6.07, 6.45) is 5.45. The molecule has 34 heavy (non-hydrogen) atoms. The van der Waals surface area contributed by atoms with E-state index in [1.807, 2.05) is 35.2 Å². The van der Waals surface area contributed by atoms with Gasteiger partial charge >= 0.3 is 0 Å². The van der Waals surface area contributed by atoms with E-state index in [0.717, 1.165) is 9.79 Å². The number of nitrogens with one attached hydrogen (secondary N) is 1. The van der Waals surface area contributed by atoms with Crippen molar-refractivity contribution in [1.82, 2.24) is 10.4 Å². The Labute approximate surface area is 204 Å². The fourth-order valence-electron chi connectivity index (χ4n) is 3.47. The van der Waals surface area contributed by atoms with E-state index in [1.165, 1.54) is 23.9 Å². The summed E-state index contributed by atoms with van der Waals surface area (Å²) < 4.78 is 31.6. The number of nitrogens with zero attached hydrogens (tertiary/aromatic N) is 1. The lowest BCUT2D eigenvalue weighted by molar-refractivity contribution is -0.186. The van der Waals surface area contributed by atoms with E-state index in [2.05, 4.69) is 15.3 Å². The summed E-state index contributed by atoms with van der Waals surface area (Å²) in [5.74, 6) is 1.63. The lowest BCUT2D eigenvalue weighted by Gasteiger charge is -2.38. The number of carbonyl (C=O) groups is 1. The molecule has 10 nitrogen and oxygen atoms in total. The Bertz CT molecular complexity index is 1050. The summed E-state index contributed by atoms with van der Waals surface area (Å²) in [7, 11) is -4.71. The molecule has 1 fully saturated rings. The van der Waals surface area contributed by atoms with Crippen molar-refractivity contribution in [3.8, 4) is 12.3 Å². The quantitative estimate of drug-likeness (QED) is 0.133. The second kappa shape index (κ2) is 13.7. The molecule has 0 radical (unpaired) electrons. The maximum atomic E-state index is 13.4. The molecule has 0 aliphatic carbocycles. The van der Waals surface area contributed by atoms with E-state index < -0.39 is 29.5 Å². The van der Waals surface area contributed by atoms with E-state index in [9.17, 15) is 18.4 Å². The third-order valence-electron chi connectivity index (χ3n) is 5.20. The minimum atomic E-state index is -4.02. The van der Waals surface area contributed by atoms with Gasteiger partial charge in [-0.05, 0) is 49.2 Å². The molecule has 1 saturated heterocycles. The minimum Gasteiger partial charge on any atom is -0.292 e. The molecule has 0 atom stereocenters. The molecule has 1 amide bonds. The molecule has 1 heterocycles. The topological polar surface area (TPSA) is 146 Å². The number of carbonyl (C=O) groups excluding carboxylic acids is 1. The van der Waals surface area contributed by atoms with Crippen LogP contribution in [0.3, 0.4) is 0 Å². The van der Waals surface area contributed by atoms with Gasteiger partial charge in [0, 0.05) is 22.9 Å². The number of benzene rings is 2. The van der Waals surface area contributed by atoms with Gasteiger partial charge in [-0.25, -0.2) is 24.4 Å². The molecule has 0 aromatic heterocycles. The molecule has 2 aromatic rings. The highest BCUT2D eigenvalue weighted by molar-refractivity contribution is 7.99. The maximum Gasteiger partial charge on any atom is 0.265 e. The fourth-order valence-corrected chi connectivity index (χ4v) is 6.30. The summed E-state index contributed by atoms with van der Waals surface area (Å²) in [4.78, 5) is 16.4. The molecule has 184 valence electrons. The van der Waals surface area contributed by atoms with E-state index in [1.54, 1.807) is 17.6 Å². The molecular formula is C21H25N2O8PS2. The van der Waals surface area contributed by atoms with Crippen LogP contribution in [-0.4, -0.2) is 59.3 Å². The zero-order valence-corrected chi connectivity index (χ0v) is 20.6. The molecule has 2 aromatic carbocycles. The SMILES string of the molecule is C#CCN1CCC(C(=O)NO)(S(=O)(=O)c2ccc(Sc3ccccc3)cc2)CC1.OOPOO. The molecule has 0 saturated carbocycles. The zero-order valence-electron chi connectivity index (χ0n) is 18.0. The number of hydrogen-bond acceptors (Lipinski definition) is 10. The van der Waals surface area contributed by atoms with Crippen LogP contribution in [0.4, 0.5) is 0 Å². The largest absolute Gasteiger partial charge is 0.292 e. The van der Waals surface area contributed by atoms with Gasteiger partial charge in [0.05, 0.1) is 11.4 Å². The molecule has 4 N–H and O–H groups in total. The molecule has 0 unspecified atom stereocenters. The third kappa shape index (κ3) is 6.99. The number of likely N-dealkylation sites (tertiary alicyclic amines) is 1. The molecule has 1 aliphatic rings. The van der Waals surface area contributed by atoms with Crippen molar-refractivity contribution in [2.45, 2.75) is 32.3 Å². The highest BCUT2D eigenvalue weighted by atomic mass is 32.2. The normalized spacial score (nSPS) is 15.5. The summed E-state index contributed by atoms with van der Waals surface area (Å²) in [5, 5.41) is 23.8. The van der Waals surface area contributed by atoms with Crippen LogP contribution in [0.1, 0.15) is 12.8 Å². The Hall–Kier alpha value is -2.04. The standard InChI is InChI=1S/C21H22N2O4S2.H3O4P/c1-2-14-23-15-12-21(13-16-23,20(24)22-25)29(26,27)19-10-8-18(9-11-19)28-17-6-4-3-5-7-17;1-3-5-4-2/h1,3-11,25H,12-16H2,(H,22,24);1-2,5H. The predicted molar refractivity (Wildman–Crippen MR) is 127 cm³/mol. The van der Waals surface area contributed by atoms with Gasteiger partial charge < -0.3 is 0 Å². The van der Waals surface area contributed by atoms with Crippen molar-refractivity contribution >= 4 is 36.5 Å². The van der Waals surface area contributed by atoms with Gasteiger partial charge in [0.2, 0.25) is 9.03 Å². The number of piperidine rings is 1. The van der Waals surface area contributed by atoms with Crippen LogP contribution >= 0.6 is 20.8 Å². The van der Waals surface area contributed by atoms with Gasteiger partial charge in [0.1, 0.15) is 0 Å². The Balaban J connectivity index is 0.000000739. The van der Waals surface area contributed by atoms with E-state index in [4.69, 9.17) is 16.9 Å². The lowest BCUT2D eigenvalue weighted by Crippen LogP contribution is -2.57. The number of hydrogen-bond donors (Lipinski definition) is 4. The van der Waals surface area contributed by atoms with Crippen molar-refractivity contribution in [2.24, 2.45) is 0 Å². The molecule has 1 aliphatic heterocycles. The lowest BCUT2D eigenvalue weighted by atomic mass is 9.95. The van der Waals surface area contributed by atoms with Gasteiger partial charge in [-0.3, -0.25) is 14.9 Å². The average Bonchev–Trinajstić information content (AvgIpc) is 2.86. The van der Waals surface area contributed by atoms with Gasteiger partial charge in [0.25, 0.3) is 5.91 Å². The number of sulfone groups is 1. The number of rotatable bonds is 8. The highest BCUT2D eigenvalue weighted by Crippen LogP contribution is 2.37. The van der Waals surface area contributed by atoms with Gasteiger partial charge in [-0.1, -0.05) is 35.9 Å². The number of amides is 1. The molecular weight excluding hydrogens is 503 g/mol. The third-order valence-corrected chi connectivity index (χ3v) is 8.88. The minimum absolute atomic E-state index is 0.0592. The Morgan fingerprint density at radius 3 is 2.12 bits per heavy atom. The van der Waals surface area contributed by atoms with Gasteiger partial charge in [0.15, 0.2) is 14.6 Å². The molecule has 3 rings (SSSR count). The second-order valence-electron chi connectivity index (χ2n) is 7.07. The second-order valence-corrected chi connectivity index (χ2v) is 11.0. The Kier molecular flexibility index (Phi) is 11.4. The highest BCUT2D eigenvalue weighted by Gasteiger charge is 2.52. The Morgan fingerprint density at radius 1 is 1.09 bits per heavy atom. The van der Waals surface area contributed by atoms with Crippen molar-refractivity contribution in [3.05, 3.63) is 54.6 Å². The van der Waals surface area contributed by atoms with Crippen LogP contribution < -0.4 is 5.48 Å². The number of hydroxylamine groups is 1. The first-order chi connectivity index (χ1) is 16.3. The smallest absolute Gasteiger partial charge is 0.265 e.